The topological polar surface area (TPSA) is 96.5 Å². The zero-order chi connectivity index (χ0) is 13.1. The van der Waals surface area contributed by atoms with Crippen molar-refractivity contribution in [1.82, 2.24) is 4.98 Å². The second-order valence-corrected chi connectivity index (χ2v) is 4.47. The van der Waals surface area contributed by atoms with Crippen molar-refractivity contribution in [1.29, 1.82) is 0 Å². The summed E-state index contributed by atoms with van der Waals surface area (Å²) in [4.78, 5) is 27.7. The smallest absolute Gasteiger partial charge is 0.303 e. The van der Waals surface area contributed by atoms with Crippen LogP contribution in [0.1, 0.15) is 23.2 Å². The van der Waals surface area contributed by atoms with Crippen molar-refractivity contribution in [2.24, 2.45) is 11.7 Å². The van der Waals surface area contributed by atoms with Crippen molar-refractivity contribution in [2.45, 2.75) is 12.8 Å². The summed E-state index contributed by atoms with van der Waals surface area (Å²) < 4.78 is 0. The van der Waals surface area contributed by atoms with Crippen LogP contribution >= 0.6 is 0 Å². The van der Waals surface area contributed by atoms with Crippen LogP contribution < -0.4 is 10.6 Å². The molecule has 0 saturated carbocycles. The molecule has 1 aliphatic rings. The lowest BCUT2D eigenvalue weighted by Gasteiger charge is -2.17. The maximum absolute atomic E-state index is 10.9. The lowest BCUT2D eigenvalue weighted by Crippen LogP contribution is -2.22. The zero-order valence-corrected chi connectivity index (χ0v) is 9.87. The van der Waals surface area contributed by atoms with E-state index in [9.17, 15) is 9.59 Å². The number of hydrogen-bond acceptors (Lipinski definition) is 4. The number of nitrogens with zero attached hydrogens (tertiary/aromatic N) is 2. The van der Waals surface area contributed by atoms with Crippen molar-refractivity contribution in [3.05, 3.63) is 23.9 Å². The Morgan fingerprint density at radius 1 is 1.50 bits per heavy atom. The molecule has 0 bridgehead atoms. The van der Waals surface area contributed by atoms with Crippen LogP contribution in [0.25, 0.3) is 0 Å². The molecule has 1 saturated heterocycles. The normalized spacial score (nSPS) is 18.9. The molecule has 6 heteroatoms. The van der Waals surface area contributed by atoms with Gasteiger partial charge in [0.1, 0.15) is 5.82 Å². The Kier molecular flexibility index (Phi) is 3.45. The second kappa shape index (κ2) is 5.03. The average molecular weight is 249 g/mol. The van der Waals surface area contributed by atoms with Crippen LogP contribution in [-0.2, 0) is 4.79 Å². The van der Waals surface area contributed by atoms with E-state index in [2.05, 4.69) is 4.98 Å². The zero-order valence-electron chi connectivity index (χ0n) is 9.87. The standard InChI is InChI=1S/C12H15N3O3/c13-12(18)9-1-2-10(14-6-9)15-4-3-8(7-15)5-11(16)17/h1-2,6,8H,3-5,7H2,(H2,13,18)(H,16,17). The van der Waals surface area contributed by atoms with Gasteiger partial charge in [-0.1, -0.05) is 0 Å². The number of carbonyl (C=O) groups is 2. The summed E-state index contributed by atoms with van der Waals surface area (Å²) in [7, 11) is 0. The monoisotopic (exact) mass is 249 g/mol. The molecular weight excluding hydrogens is 234 g/mol. The summed E-state index contributed by atoms with van der Waals surface area (Å²) in [5.74, 6) is -0.342. The Balaban J connectivity index is 2.01. The molecule has 1 amide bonds. The van der Waals surface area contributed by atoms with Crippen LogP contribution in [0.5, 0.6) is 0 Å². The van der Waals surface area contributed by atoms with E-state index in [1.54, 1.807) is 12.1 Å². The second-order valence-electron chi connectivity index (χ2n) is 4.47. The van der Waals surface area contributed by atoms with E-state index in [-0.39, 0.29) is 12.3 Å². The molecule has 0 spiro atoms. The number of carbonyl (C=O) groups excluding carboxylic acids is 1. The number of pyridine rings is 1. The summed E-state index contributed by atoms with van der Waals surface area (Å²) in [6.45, 7) is 1.48. The third kappa shape index (κ3) is 2.77. The van der Waals surface area contributed by atoms with Crippen LogP contribution in [0.3, 0.4) is 0 Å². The van der Waals surface area contributed by atoms with Gasteiger partial charge in [0.15, 0.2) is 0 Å². The lowest BCUT2D eigenvalue weighted by atomic mass is 10.1. The molecule has 1 aromatic heterocycles. The first-order valence-corrected chi connectivity index (χ1v) is 5.79. The molecule has 18 heavy (non-hydrogen) atoms. The maximum Gasteiger partial charge on any atom is 0.303 e. The molecule has 0 aromatic carbocycles. The van der Waals surface area contributed by atoms with Crippen molar-refractivity contribution >= 4 is 17.7 Å². The van der Waals surface area contributed by atoms with E-state index < -0.39 is 11.9 Å². The highest BCUT2D eigenvalue weighted by Crippen LogP contribution is 2.24. The van der Waals surface area contributed by atoms with Crippen molar-refractivity contribution in [3.63, 3.8) is 0 Å². The highest BCUT2D eigenvalue weighted by molar-refractivity contribution is 5.92. The number of primary amides is 1. The van der Waals surface area contributed by atoms with Gasteiger partial charge in [0.2, 0.25) is 5.91 Å². The summed E-state index contributed by atoms with van der Waals surface area (Å²) in [5, 5.41) is 8.74. The summed E-state index contributed by atoms with van der Waals surface area (Å²) in [6.07, 6.45) is 2.49. The molecule has 2 rings (SSSR count). The Morgan fingerprint density at radius 2 is 2.28 bits per heavy atom. The van der Waals surface area contributed by atoms with E-state index in [0.717, 1.165) is 18.8 Å². The number of anilines is 1. The number of carboxylic acids is 1. The van der Waals surface area contributed by atoms with Gasteiger partial charge < -0.3 is 15.7 Å². The minimum absolute atomic E-state index is 0.167. The predicted molar refractivity (Wildman–Crippen MR) is 65.3 cm³/mol. The molecule has 0 radical (unpaired) electrons. The quantitative estimate of drug-likeness (QED) is 0.809. The summed E-state index contributed by atoms with van der Waals surface area (Å²) >= 11 is 0. The van der Waals surface area contributed by atoms with E-state index in [0.29, 0.717) is 12.1 Å². The number of nitrogens with two attached hydrogens (primary N) is 1. The van der Waals surface area contributed by atoms with Gasteiger partial charge in [-0.15, -0.1) is 0 Å². The Labute approximate surface area is 104 Å². The third-order valence-electron chi connectivity index (χ3n) is 3.11. The Hall–Kier alpha value is -2.11. The van der Waals surface area contributed by atoms with E-state index in [4.69, 9.17) is 10.8 Å². The Bertz CT molecular complexity index is 458. The first-order valence-electron chi connectivity index (χ1n) is 5.79. The lowest BCUT2D eigenvalue weighted by molar-refractivity contribution is -0.137. The minimum Gasteiger partial charge on any atom is -0.481 e. The number of aromatic nitrogens is 1. The van der Waals surface area contributed by atoms with E-state index in [1.165, 1.54) is 6.20 Å². The number of amides is 1. The molecule has 1 fully saturated rings. The predicted octanol–water partition coefficient (Wildman–Crippen LogP) is 0.481. The Morgan fingerprint density at radius 3 is 2.83 bits per heavy atom. The van der Waals surface area contributed by atoms with Gasteiger partial charge in [0.05, 0.1) is 5.56 Å². The average Bonchev–Trinajstić information content (AvgIpc) is 2.76. The molecule has 0 aliphatic carbocycles. The molecule has 1 atom stereocenters. The fourth-order valence-electron chi connectivity index (χ4n) is 2.17. The molecule has 96 valence electrons. The van der Waals surface area contributed by atoms with Gasteiger partial charge in [-0.2, -0.15) is 0 Å². The number of rotatable bonds is 4. The highest BCUT2D eigenvalue weighted by atomic mass is 16.4. The molecule has 6 nitrogen and oxygen atoms in total. The fourth-order valence-corrected chi connectivity index (χ4v) is 2.17. The maximum atomic E-state index is 10.9. The van der Waals surface area contributed by atoms with Gasteiger partial charge in [-0.25, -0.2) is 4.98 Å². The van der Waals surface area contributed by atoms with Crippen LogP contribution in [0.2, 0.25) is 0 Å². The molecule has 1 aliphatic heterocycles. The SMILES string of the molecule is NC(=O)c1ccc(N2CCC(CC(=O)O)C2)nc1. The summed E-state index contributed by atoms with van der Waals surface area (Å²) in [6, 6.07) is 3.37. The fraction of sp³-hybridized carbons (Fsp3) is 0.417. The molecule has 1 unspecified atom stereocenters. The van der Waals surface area contributed by atoms with E-state index >= 15 is 0 Å². The molecule has 1 aromatic rings. The first-order chi connectivity index (χ1) is 8.56. The van der Waals surface area contributed by atoms with E-state index in [1.807, 2.05) is 4.90 Å². The third-order valence-corrected chi connectivity index (χ3v) is 3.11. The number of carboxylic acid groups (broad SMARTS) is 1. The first kappa shape index (κ1) is 12.3. The van der Waals surface area contributed by atoms with Gasteiger partial charge in [0, 0.05) is 25.7 Å². The van der Waals surface area contributed by atoms with Gasteiger partial charge in [-0.3, -0.25) is 9.59 Å². The number of hydrogen-bond donors (Lipinski definition) is 2. The van der Waals surface area contributed by atoms with Crippen LogP contribution in [0, 0.1) is 5.92 Å². The van der Waals surface area contributed by atoms with Crippen molar-refractivity contribution in [2.75, 3.05) is 18.0 Å². The summed E-state index contributed by atoms with van der Waals surface area (Å²) in [5.41, 5.74) is 5.51. The number of aliphatic carboxylic acids is 1. The van der Waals surface area contributed by atoms with Gasteiger partial charge in [0.25, 0.3) is 0 Å². The van der Waals surface area contributed by atoms with Gasteiger partial charge in [-0.05, 0) is 24.5 Å². The van der Waals surface area contributed by atoms with Gasteiger partial charge >= 0.3 is 5.97 Å². The van der Waals surface area contributed by atoms with Crippen molar-refractivity contribution < 1.29 is 14.7 Å². The molecular formula is C12H15N3O3. The van der Waals surface area contributed by atoms with Crippen LogP contribution in [0.15, 0.2) is 18.3 Å². The highest BCUT2D eigenvalue weighted by Gasteiger charge is 2.25. The largest absolute Gasteiger partial charge is 0.481 e. The molecule has 3 N–H and O–H groups in total. The minimum atomic E-state index is -0.765. The van der Waals surface area contributed by atoms with Crippen molar-refractivity contribution in [3.8, 4) is 0 Å². The van der Waals surface area contributed by atoms with Crippen LogP contribution in [-0.4, -0.2) is 35.1 Å². The molecule has 2 heterocycles. The van der Waals surface area contributed by atoms with Crippen LogP contribution in [0.4, 0.5) is 5.82 Å².